The first-order valence-electron chi connectivity index (χ1n) is 8.77. The third-order valence-corrected chi connectivity index (χ3v) is 5.07. The zero-order chi connectivity index (χ0) is 18.7. The van der Waals surface area contributed by atoms with Crippen LogP contribution >= 0.6 is 22.6 Å². The lowest BCUT2D eigenvalue weighted by Crippen LogP contribution is -2.50. The zero-order valence-corrected chi connectivity index (χ0v) is 17.6. The van der Waals surface area contributed by atoms with E-state index in [1.165, 1.54) is 5.56 Å². The van der Waals surface area contributed by atoms with Gasteiger partial charge in [0, 0.05) is 31.7 Å². The van der Waals surface area contributed by atoms with Crippen LogP contribution in [0.15, 0.2) is 42.6 Å². The van der Waals surface area contributed by atoms with Crippen LogP contribution in [0.1, 0.15) is 20.8 Å². The molecule has 1 aromatic carbocycles. The first-order valence-corrected chi connectivity index (χ1v) is 9.85. The number of amides is 1. The molecular weight excluding hydrogens is 441 g/mol. The van der Waals surface area contributed by atoms with E-state index in [2.05, 4.69) is 50.7 Å². The summed E-state index contributed by atoms with van der Waals surface area (Å²) < 4.78 is 6.46. The van der Waals surface area contributed by atoms with Gasteiger partial charge in [-0.05, 0) is 55.0 Å². The maximum absolute atomic E-state index is 12.2. The van der Waals surface area contributed by atoms with E-state index in [9.17, 15) is 4.79 Å². The van der Waals surface area contributed by atoms with Gasteiger partial charge in [-0.1, -0.05) is 30.3 Å². The molecule has 26 heavy (non-hydrogen) atoms. The average molecular weight is 465 g/mol. The van der Waals surface area contributed by atoms with Gasteiger partial charge in [-0.2, -0.15) is 0 Å². The number of nitrogens with zero attached hydrogens (tertiary/aromatic N) is 3. The Bertz CT molecular complexity index is 766. The van der Waals surface area contributed by atoms with Crippen molar-refractivity contribution in [3.8, 4) is 11.1 Å². The number of benzene rings is 1. The van der Waals surface area contributed by atoms with Gasteiger partial charge in [-0.15, -0.1) is 0 Å². The molecule has 0 N–H and O–H groups in total. The van der Waals surface area contributed by atoms with E-state index in [0.29, 0.717) is 13.1 Å². The number of ether oxygens (including phenoxy) is 1. The van der Waals surface area contributed by atoms with Crippen LogP contribution in [0.4, 0.5) is 10.5 Å². The van der Waals surface area contributed by atoms with Crippen molar-refractivity contribution in [3.63, 3.8) is 0 Å². The molecule has 138 valence electrons. The number of aromatic nitrogens is 1. The van der Waals surface area contributed by atoms with Crippen LogP contribution in [-0.4, -0.2) is 47.8 Å². The predicted octanol–water partition coefficient (Wildman–Crippen LogP) is 4.41. The molecule has 1 aliphatic rings. The monoisotopic (exact) mass is 465 g/mol. The third kappa shape index (κ3) is 4.66. The van der Waals surface area contributed by atoms with Gasteiger partial charge < -0.3 is 14.5 Å². The lowest BCUT2D eigenvalue weighted by Gasteiger charge is -2.36. The van der Waals surface area contributed by atoms with E-state index >= 15 is 0 Å². The minimum Gasteiger partial charge on any atom is -0.444 e. The summed E-state index contributed by atoms with van der Waals surface area (Å²) in [5, 5.41) is 0. The molecule has 2 heterocycles. The second kappa shape index (κ2) is 7.82. The van der Waals surface area contributed by atoms with Gasteiger partial charge in [-0.3, -0.25) is 0 Å². The van der Waals surface area contributed by atoms with Gasteiger partial charge in [0.2, 0.25) is 0 Å². The number of piperazine rings is 1. The minimum absolute atomic E-state index is 0.233. The van der Waals surface area contributed by atoms with Crippen molar-refractivity contribution in [2.45, 2.75) is 26.4 Å². The number of anilines is 1. The van der Waals surface area contributed by atoms with Crippen LogP contribution in [0, 0.1) is 3.70 Å². The molecule has 2 aromatic rings. The molecule has 0 unspecified atom stereocenters. The molecule has 0 bridgehead atoms. The van der Waals surface area contributed by atoms with Crippen LogP contribution in [-0.2, 0) is 4.74 Å². The van der Waals surface area contributed by atoms with Crippen molar-refractivity contribution < 1.29 is 9.53 Å². The maximum Gasteiger partial charge on any atom is 0.410 e. The van der Waals surface area contributed by atoms with E-state index in [4.69, 9.17) is 4.74 Å². The summed E-state index contributed by atoms with van der Waals surface area (Å²) in [5.41, 5.74) is 2.93. The SMILES string of the molecule is CC(C)(C)OC(=O)N1CCN(c2cnc(I)c(-c3ccccc3)c2)CC1. The van der Waals surface area contributed by atoms with Crippen LogP contribution in [0.2, 0.25) is 0 Å². The summed E-state index contributed by atoms with van der Waals surface area (Å²) in [4.78, 5) is 20.8. The lowest BCUT2D eigenvalue weighted by atomic mass is 10.1. The van der Waals surface area contributed by atoms with Crippen LogP contribution in [0.3, 0.4) is 0 Å². The molecule has 0 atom stereocenters. The second-order valence-corrected chi connectivity index (χ2v) is 8.37. The van der Waals surface area contributed by atoms with Crippen molar-refractivity contribution in [2.75, 3.05) is 31.1 Å². The van der Waals surface area contributed by atoms with Crippen molar-refractivity contribution in [3.05, 3.63) is 46.3 Å². The van der Waals surface area contributed by atoms with E-state index in [1.807, 2.05) is 45.2 Å². The Morgan fingerprint density at radius 2 is 1.77 bits per heavy atom. The quantitative estimate of drug-likeness (QED) is 0.487. The van der Waals surface area contributed by atoms with Gasteiger partial charge in [-0.25, -0.2) is 9.78 Å². The van der Waals surface area contributed by atoms with Crippen molar-refractivity contribution in [1.29, 1.82) is 0 Å². The molecule has 5 nitrogen and oxygen atoms in total. The Morgan fingerprint density at radius 3 is 2.38 bits per heavy atom. The fourth-order valence-electron chi connectivity index (χ4n) is 2.90. The Balaban J connectivity index is 1.69. The van der Waals surface area contributed by atoms with Crippen molar-refractivity contribution >= 4 is 34.4 Å². The molecular formula is C20H24IN3O2. The molecule has 1 fully saturated rings. The topological polar surface area (TPSA) is 45.7 Å². The molecule has 1 aromatic heterocycles. The van der Waals surface area contributed by atoms with E-state index in [0.717, 1.165) is 28.0 Å². The van der Waals surface area contributed by atoms with Gasteiger partial charge in [0.05, 0.1) is 11.9 Å². The molecule has 0 saturated carbocycles. The number of rotatable bonds is 2. The van der Waals surface area contributed by atoms with E-state index < -0.39 is 5.60 Å². The zero-order valence-electron chi connectivity index (χ0n) is 15.4. The second-order valence-electron chi connectivity index (χ2n) is 7.35. The Kier molecular flexibility index (Phi) is 5.70. The number of hydrogen-bond acceptors (Lipinski definition) is 4. The summed E-state index contributed by atoms with van der Waals surface area (Å²) >= 11 is 2.28. The van der Waals surface area contributed by atoms with E-state index in [-0.39, 0.29) is 6.09 Å². The Labute approximate surface area is 168 Å². The predicted molar refractivity (Wildman–Crippen MR) is 112 cm³/mol. The lowest BCUT2D eigenvalue weighted by molar-refractivity contribution is 0.0240. The number of halogens is 1. The van der Waals surface area contributed by atoms with Gasteiger partial charge in [0.25, 0.3) is 0 Å². The molecule has 6 heteroatoms. The summed E-state index contributed by atoms with van der Waals surface area (Å²) in [6, 6.07) is 12.5. The molecule has 0 aliphatic carbocycles. The standard InChI is InChI=1S/C20H24IN3O2/c1-20(2,3)26-19(25)24-11-9-23(10-12-24)16-13-17(18(21)22-14-16)15-7-5-4-6-8-15/h4-8,13-14H,9-12H2,1-3H3. The van der Waals surface area contributed by atoms with Gasteiger partial charge >= 0.3 is 6.09 Å². The van der Waals surface area contributed by atoms with Crippen LogP contribution in [0.25, 0.3) is 11.1 Å². The highest BCUT2D eigenvalue weighted by Gasteiger charge is 2.26. The number of carbonyl (C=O) groups excluding carboxylic acids is 1. The largest absolute Gasteiger partial charge is 0.444 e. The summed E-state index contributed by atoms with van der Waals surface area (Å²) in [5.74, 6) is 0. The highest BCUT2D eigenvalue weighted by atomic mass is 127. The first-order chi connectivity index (χ1) is 12.3. The highest BCUT2D eigenvalue weighted by Crippen LogP contribution is 2.28. The molecule has 3 rings (SSSR count). The van der Waals surface area contributed by atoms with E-state index in [1.54, 1.807) is 4.90 Å². The van der Waals surface area contributed by atoms with Crippen LogP contribution in [0.5, 0.6) is 0 Å². The van der Waals surface area contributed by atoms with Gasteiger partial charge in [0.15, 0.2) is 0 Å². The Hall–Kier alpha value is -1.83. The first kappa shape index (κ1) is 18.9. The molecule has 0 radical (unpaired) electrons. The fourth-order valence-corrected chi connectivity index (χ4v) is 3.51. The Morgan fingerprint density at radius 1 is 1.12 bits per heavy atom. The molecule has 1 aliphatic heterocycles. The molecule has 1 saturated heterocycles. The minimum atomic E-state index is -0.459. The summed E-state index contributed by atoms with van der Waals surface area (Å²) in [6.45, 7) is 8.53. The molecule has 1 amide bonds. The number of pyridine rings is 1. The van der Waals surface area contributed by atoms with Crippen molar-refractivity contribution in [1.82, 2.24) is 9.88 Å². The number of hydrogen-bond donors (Lipinski definition) is 0. The average Bonchev–Trinajstić information content (AvgIpc) is 2.61. The maximum atomic E-state index is 12.2. The summed E-state index contributed by atoms with van der Waals surface area (Å²) in [6.07, 6.45) is 1.68. The normalized spacial score (nSPS) is 15.1. The van der Waals surface area contributed by atoms with Crippen LogP contribution < -0.4 is 4.90 Å². The number of carbonyl (C=O) groups is 1. The fraction of sp³-hybridized carbons (Fsp3) is 0.400. The highest BCUT2D eigenvalue weighted by molar-refractivity contribution is 14.1. The smallest absolute Gasteiger partial charge is 0.410 e. The van der Waals surface area contributed by atoms with Gasteiger partial charge in [0.1, 0.15) is 9.30 Å². The third-order valence-electron chi connectivity index (χ3n) is 4.21. The van der Waals surface area contributed by atoms with Crippen molar-refractivity contribution in [2.24, 2.45) is 0 Å². The molecule has 0 spiro atoms. The summed E-state index contributed by atoms with van der Waals surface area (Å²) in [7, 11) is 0.